The van der Waals surface area contributed by atoms with Crippen LogP contribution in [-0.4, -0.2) is 27.4 Å². The summed E-state index contributed by atoms with van der Waals surface area (Å²) in [6.45, 7) is 3.98. The topological polar surface area (TPSA) is 85.3 Å². The lowest BCUT2D eigenvalue weighted by Gasteiger charge is -2.23. The third kappa shape index (κ3) is 3.53. The first-order valence-electron chi connectivity index (χ1n) is 8.04. The number of rotatable bonds is 4. The van der Waals surface area contributed by atoms with E-state index in [2.05, 4.69) is 22.0 Å². The summed E-state index contributed by atoms with van der Waals surface area (Å²) < 4.78 is 1.73. The normalized spacial score (nSPS) is 16.8. The average molecular weight is 323 g/mol. The number of benzene rings is 1. The molecule has 1 aliphatic carbocycles. The van der Waals surface area contributed by atoms with Crippen molar-refractivity contribution in [3.8, 4) is 0 Å². The van der Waals surface area contributed by atoms with Gasteiger partial charge < -0.3 is 11.1 Å². The fourth-order valence-electron chi connectivity index (χ4n) is 2.89. The number of hydrogen-bond donors (Lipinski definition) is 2. The van der Waals surface area contributed by atoms with Crippen LogP contribution >= 0.6 is 0 Å². The molecule has 124 valence electrons. The largest absolute Gasteiger partial charge is 0.404 e. The Morgan fingerprint density at radius 3 is 2.88 bits per heavy atom. The van der Waals surface area contributed by atoms with Crippen molar-refractivity contribution in [2.75, 3.05) is 0 Å². The summed E-state index contributed by atoms with van der Waals surface area (Å²) in [5.41, 5.74) is 6.51. The zero-order valence-corrected chi connectivity index (χ0v) is 13.5. The van der Waals surface area contributed by atoms with Gasteiger partial charge in [0.25, 0.3) is 0 Å². The second-order valence-electron chi connectivity index (χ2n) is 5.85. The summed E-state index contributed by atoms with van der Waals surface area (Å²) in [6, 6.07) is 8.13. The van der Waals surface area contributed by atoms with Crippen molar-refractivity contribution in [2.45, 2.75) is 31.7 Å². The molecule has 1 aliphatic rings. The molecule has 0 radical (unpaired) electrons. The maximum atomic E-state index is 11.3. The second kappa shape index (κ2) is 7.12. The van der Waals surface area contributed by atoms with Crippen LogP contribution in [0.25, 0.3) is 10.9 Å². The molecular weight excluding hydrogens is 302 g/mol. The zero-order valence-electron chi connectivity index (χ0n) is 13.5. The zero-order chi connectivity index (χ0) is 16.9. The Morgan fingerprint density at radius 1 is 1.38 bits per heavy atom. The summed E-state index contributed by atoms with van der Waals surface area (Å²) in [7, 11) is 0. The average Bonchev–Trinajstić information content (AvgIpc) is 3.00. The predicted octanol–water partition coefficient (Wildman–Crippen LogP) is 2.33. The lowest BCUT2D eigenvalue weighted by atomic mass is 9.94. The Morgan fingerprint density at radius 2 is 2.12 bits per heavy atom. The van der Waals surface area contributed by atoms with Gasteiger partial charge in [-0.25, -0.2) is 9.67 Å². The van der Waals surface area contributed by atoms with Crippen molar-refractivity contribution in [3.63, 3.8) is 0 Å². The highest BCUT2D eigenvalue weighted by molar-refractivity contribution is 6.00. The fourth-order valence-corrected chi connectivity index (χ4v) is 2.89. The van der Waals surface area contributed by atoms with E-state index >= 15 is 0 Å². The molecule has 0 amide bonds. The maximum absolute atomic E-state index is 11.3. The number of nitrogens with zero attached hydrogens (tertiary/aromatic N) is 3. The molecule has 1 fully saturated rings. The van der Waals surface area contributed by atoms with Gasteiger partial charge in [0.2, 0.25) is 0 Å². The number of aliphatic imine (C=N–C) groups is 1. The summed E-state index contributed by atoms with van der Waals surface area (Å²) in [5, 5.41) is 8.71. The number of hydrogen-bond acceptors (Lipinski definition) is 5. The highest BCUT2D eigenvalue weighted by atomic mass is 16.1. The second-order valence-corrected chi connectivity index (χ2v) is 5.85. The molecule has 0 aliphatic heterocycles. The first kappa shape index (κ1) is 16.0. The van der Waals surface area contributed by atoms with Gasteiger partial charge in [-0.15, -0.1) is 0 Å². The molecule has 0 unspecified atom stereocenters. The van der Waals surface area contributed by atoms with Crippen LogP contribution in [0.1, 0.15) is 25.7 Å². The predicted molar refractivity (Wildman–Crippen MR) is 95.4 cm³/mol. The quantitative estimate of drug-likeness (QED) is 0.668. The molecule has 1 aromatic heterocycles. The number of carbonyl (C=O) groups is 1. The molecule has 0 atom stereocenters. The summed E-state index contributed by atoms with van der Waals surface area (Å²) in [5.74, 6) is 1.46. The van der Waals surface area contributed by atoms with Crippen LogP contribution in [0.2, 0.25) is 0 Å². The SMILES string of the molecule is C=C(N=C(/C=C\N)n1ncc2ccccc21)NC1CCC(=O)CC1. The van der Waals surface area contributed by atoms with Crippen LogP contribution in [0, 0.1) is 0 Å². The van der Waals surface area contributed by atoms with Crippen molar-refractivity contribution >= 4 is 22.5 Å². The van der Waals surface area contributed by atoms with Gasteiger partial charge in [0.15, 0.2) is 5.84 Å². The molecule has 0 saturated heterocycles. The van der Waals surface area contributed by atoms with Gasteiger partial charge in [0, 0.05) is 24.3 Å². The van der Waals surface area contributed by atoms with Gasteiger partial charge in [-0.05, 0) is 31.2 Å². The molecule has 3 N–H and O–H groups in total. The van der Waals surface area contributed by atoms with Gasteiger partial charge >= 0.3 is 0 Å². The summed E-state index contributed by atoms with van der Waals surface area (Å²) in [6.07, 6.45) is 7.79. The molecule has 6 heteroatoms. The molecule has 6 nitrogen and oxygen atoms in total. The molecule has 1 saturated carbocycles. The minimum Gasteiger partial charge on any atom is -0.404 e. The molecule has 0 bridgehead atoms. The summed E-state index contributed by atoms with van der Waals surface area (Å²) >= 11 is 0. The standard InChI is InChI=1S/C18H21N5O/c1-13(21-15-6-8-16(24)9-7-15)22-18(10-11-19)23-17-5-3-2-4-14(17)12-20-23/h2-5,10-12,15,21H,1,6-9,19H2/b11-10-,22-18?. The van der Waals surface area contributed by atoms with E-state index < -0.39 is 0 Å². The molecule has 2 aromatic rings. The molecule has 0 spiro atoms. The molecule has 1 heterocycles. The molecule has 24 heavy (non-hydrogen) atoms. The third-order valence-corrected chi connectivity index (χ3v) is 4.10. The lowest BCUT2D eigenvalue weighted by molar-refractivity contribution is -0.120. The molecule has 1 aromatic carbocycles. The monoisotopic (exact) mass is 323 g/mol. The van der Waals surface area contributed by atoms with Gasteiger partial charge in [-0.2, -0.15) is 5.10 Å². The van der Waals surface area contributed by atoms with Crippen molar-refractivity contribution in [1.29, 1.82) is 0 Å². The van der Waals surface area contributed by atoms with Crippen molar-refractivity contribution in [2.24, 2.45) is 10.7 Å². The number of carbonyl (C=O) groups excluding carboxylic acids is 1. The van der Waals surface area contributed by atoms with Crippen LogP contribution in [-0.2, 0) is 4.79 Å². The fraction of sp³-hybridized carbons (Fsp3) is 0.278. The van der Waals surface area contributed by atoms with Gasteiger partial charge in [0.1, 0.15) is 11.6 Å². The van der Waals surface area contributed by atoms with Crippen molar-refractivity contribution in [3.05, 3.63) is 55.1 Å². The minimum absolute atomic E-state index is 0.233. The van der Waals surface area contributed by atoms with E-state index in [-0.39, 0.29) is 6.04 Å². The molecular formula is C18H21N5O. The van der Waals surface area contributed by atoms with Crippen molar-refractivity contribution in [1.82, 2.24) is 15.1 Å². The first-order chi connectivity index (χ1) is 11.7. The molecule has 3 rings (SSSR count). The maximum Gasteiger partial charge on any atom is 0.157 e. The Bertz CT molecular complexity index is 808. The van der Waals surface area contributed by atoms with Gasteiger partial charge in [0.05, 0.1) is 11.7 Å². The Balaban J connectivity index is 1.81. The van der Waals surface area contributed by atoms with Crippen LogP contribution in [0.4, 0.5) is 0 Å². The number of aromatic nitrogens is 2. The summed E-state index contributed by atoms with van der Waals surface area (Å²) in [4.78, 5) is 15.9. The van der Waals surface area contributed by atoms with E-state index in [1.165, 1.54) is 6.20 Å². The van der Waals surface area contributed by atoms with Crippen LogP contribution in [0.3, 0.4) is 0 Å². The van der Waals surface area contributed by atoms with Crippen LogP contribution < -0.4 is 11.1 Å². The number of allylic oxidation sites excluding steroid dienone is 1. The third-order valence-electron chi connectivity index (χ3n) is 4.10. The highest BCUT2D eigenvalue weighted by Crippen LogP contribution is 2.17. The van der Waals surface area contributed by atoms with E-state index in [1.54, 1.807) is 17.0 Å². The smallest absolute Gasteiger partial charge is 0.157 e. The van der Waals surface area contributed by atoms with Crippen molar-refractivity contribution < 1.29 is 4.79 Å². The number of nitrogens with two attached hydrogens (primary N) is 1. The van der Waals surface area contributed by atoms with Crippen LogP contribution in [0.15, 0.2) is 60.1 Å². The number of Topliss-reactive ketones (excluding diaryl/α,β-unsaturated/α-hetero) is 1. The number of fused-ring (bicyclic) bond motifs is 1. The Hall–Kier alpha value is -2.89. The Kier molecular flexibility index (Phi) is 4.74. The highest BCUT2D eigenvalue weighted by Gasteiger charge is 2.18. The van der Waals surface area contributed by atoms with E-state index in [0.29, 0.717) is 30.3 Å². The van der Waals surface area contributed by atoms with E-state index in [9.17, 15) is 4.79 Å². The van der Waals surface area contributed by atoms with E-state index in [1.807, 2.05) is 24.3 Å². The Labute approximate surface area is 140 Å². The number of ketones is 1. The van der Waals surface area contributed by atoms with Gasteiger partial charge in [-0.1, -0.05) is 24.8 Å². The van der Waals surface area contributed by atoms with E-state index in [0.717, 1.165) is 23.7 Å². The number of nitrogens with one attached hydrogen (secondary N) is 1. The minimum atomic E-state index is 0.233. The lowest BCUT2D eigenvalue weighted by Crippen LogP contribution is -2.32. The van der Waals surface area contributed by atoms with Crippen LogP contribution in [0.5, 0.6) is 0 Å². The first-order valence-corrected chi connectivity index (χ1v) is 8.04. The van der Waals surface area contributed by atoms with Gasteiger partial charge in [-0.3, -0.25) is 4.79 Å². The van der Waals surface area contributed by atoms with E-state index in [4.69, 9.17) is 5.73 Å². The number of para-hydroxylation sites is 1.